The number of nitrogens with zero attached hydrogens (tertiary/aromatic N) is 1. The molecule has 0 radical (unpaired) electrons. The minimum absolute atomic E-state index is 0.131. The molecular formula is C19H14N2O. The lowest BCUT2D eigenvalue weighted by Gasteiger charge is -2.29. The number of hydrogen-bond acceptors (Lipinski definition) is 3. The van der Waals surface area contributed by atoms with Crippen molar-refractivity contribution in [3.8, 4) is 0 Å². The highest BCUT2D eigenvalue weighted by Crippen LogP contribution is 2.44. The van der Waals surface area contributed by atoms with E-state index in [1.807, 2.05) is 18.2 Å². The van der Waals surface area contributed by atoms with E-state index >= 15 is 0 Å². The van der Waals surface area contributed by atoms with Gasteiger partial charge < -0.3 is 10.2 Å². The molecule has 2 aliphatic carbocycles. The van der Waals surface area contributed by atoms with Crippen molar-refractivity contribution in [2.45, 2.75) is 12.1 Å². The molecule has 0 fully saturated rings. The van der Waals surface area contributed by atoms with Gasteiger partial charge in [0, 0.05) is 17.3 Å². The molecule has 5 aliphatic rings. The molecule has 0 saturated carbocycles. The highest BCUT2D eigenvalue weighted by atomic mass is 16.1. The zero-order valence-corrected chi connectivity index (χ0v) is 11.9. The first-order chi connectivity index (χ1) is 10.9. The average molecular weight is 286 g/mol. The maximum Gasteiger partial charge on any atom is 0.152 e. The molecule has 0 saturated heterocycles. The lowest BCUT2D eigenvalue weighted by Crippen LogP contribution is -2.30. The maximum absolute atomic E-state index is 11.7. The van der Waals surface area contributed by atoms with Gasteiger partial charge in [-0.15, -0.1) is 0 Å². The van der Waals surface area contributed by atoms with Crippen LogP contribution in [0.25, 0.3) is 0 Å². The SMILES string of the molecule is O=CC1=C2C=CC=CC2N2C=CC3=C4C=CC=CC4NC3=C12. The number of nitrogens with one attached hydrogen (secondary N) is 1. The molecule has 0 bridgehead atoms. The van der Waals surface area contributed by atoms with Gasteiger partial charge in [0.05, 0.1) is 23.5 Å². The topological polar surface area (TPSA) is 32.3 Å². The summed E-state index contributed by atoms with van der Waals surface area (Å²) in [5.41, 5.74) is 6.43. The first kappa shape index (κ1) is 11.8. The van der Waals surface area contributed by atoms with Crippen LogP contribution in [0.15, 0.2) is 94.6 Å². The second-order valence-corrected chi connectivity index (χ2v) is 5.86. The van der Waals surface area contributed by atoms with Crippen LogP contribution in [0.3, 0.4) is 0 Å². The van der Waals surface area contributed by atoms with Crippen molar-refractivity contribution < 1.29 is 4.79 Å². The van der Waals surface area contributed by atoms with Gasteiger partial charge in [-0.1, -0.05) is 48.6 Å². The van der Waals surface area contributed by atoms with E-state index in [0.29, 0.717) is 0 Å². The highest BCUT2D eigenvalue weighted by molar-refractivity contribution is 5.87. The summed E-state index contributed by atoms with van der Waals surface area (Å²) in [5, 5.41) is 3.57. The van der Waals surface area contributed by atoms with Gasteiger partial charge in [0.15, 0.2) is 6.29 Å². The Morgan fingerprint density at radius 1 is 1.00 bits per heavy atom. The first-order valence-electron chi connectivity index (χ1n) is 7.50. The minimum Gasteiger partial charge on any atom is -0.372 e. The molecule has 0 aromatic carbocycles. The van der Waals surface area contributed by atoms with Gasteiger partial charge in [-0.3, -0.25) is 4.79 Å². The Hall–Kier alpha value is -2.81. The van der Waals surface area contributed by atoms with Crippen molar-refractivity contribution in [3.63, 3.8) is 0 Å². The quantitative estimate of drug-likeness (QED) is 0.751. The molecular weight excluding hydrogens is 272 g/mol. The van der Waals surface area contributed by atoms with Crippen LogP contribution >= 0.6 is 0 Å². The number of carbonyl (C=O) groups is 1. The molecule has 0 spiro atoms. The largest absolute Gasteiger partial charge is 0.372 e. The second kappa shape index (κ2) is 4.10. The van der Waals surface area contributed by atoms with Gasteiger partial charge in [-0.2, -0.15) is 0 Å². The van der Waals surface area contributed by atoms with Crippen LogP contribution in [0.4, 0.5) is 0 Å². The average Bonchev–Trinajstić information content (AvgIpc) is 3.10. The van der Waals surface area contributed by atoms with Gasteiger partial charge >= 0.3 is 0 Å². The van der Waals surface area contributed by atoms with Crippen molar-refractivity contribution in [3.05, 3.63) is 94.6 Å². The van der Waals surface area contributed by atoms with Crippen LogP contribution in [0.5, 0.6) is 0 Å². The summed E-state index contributed by atoms with van der Waals surface area (Å²) in [6, 6.07) is 0.338. The van der Waals surface area contributed by atoms with Crippen molar-refractivity contribution in [1.82, 2.24) is 10.2 Å². The fraction of sp³-hybridized carbons (Fsp3) is 0.105. The first-order valence-corrected chi connectivity index (χ1v) is 7.50. The molecule has 2 unspecified atom stereocenters. The number of carbonyl (C=O) groups excluding carboxylic acids is 1. The van der Waals surface area contributed by atoms with Crippen LogP contribution in [-0.4, -0.2) is 23.3 Å². The Morgan fingerprint density at radius 2 is 1.82 bits per heavy atom. The number of fused-ring (bicyclic) bond motifs is 5. The number of rotatable bonds is 1. The van der Waals surface area contributed by atoms with E-state index in [-0.39, 0.29) is 12.1 Å². The predicted molar refractivity (Wildman–Crippen MR) is 85.4 cm³/mol. The monoisotopic (exact) mass is 286 g/mol. The predicted octanol–water partition coefficient (Wildman–Crippen LogP) is 2.43. The summed E-state index contributed by atoms with van der Waals surface area (Å²) >= 11 is 0. The number of allylic oxidation sites excluding steroid dienone is 6. The second-order valence-electron chi connectivity index (χ2n) is 5.86. The number of aldehydes is 1. The molecule has 3 heterocycles. The summed E-state index contributed by atoms with van der Waals surface area (Å²) in [5.74, 6) is 0. The van der Waals surface area contributed by atoms with Gasteiger partial charge in [0.2, 0.25) is 0 Å². The summed E-state index contributed by atoms with van der Waals surface area (Å²) in [6.45, 7) is 0. The fourth-order valence-corrected chi connectivity index (χ4v) is 3.83. The third-order valence-corrected chi connectivity index (χ3v) is 4.79. The minimum atomic E-state index is 0.131. The van der Waals surface area contributed by atoms with E-state index in [1.54, 1.807) is 0 Å². The summed E-state index contributed by atoms with van der Waals surface area (Å²) < 4.78 is 0. The molecule has 106 valence electrons. The Kier molecular flexibility index (Phi) is 2.20. The van der Waals surface area contributed by atoms with E-state index in [9.17, 15) is 4.79 Å². The van der Waals surface area contributed by atoms with Crippen molar-refractivity contribution >= 4 is 6.29 Å². The van der Waals surface area contributed by atoms with E-state index < -0.39 is 0 Å². The molecule has 3 heteroatoms. The fourth-order valence-electron chi connectivity index (χ4n) is 3.83. The standard InChI is InChI=1S/C19H14N2O/c22-11-15-13-6-2-4-8-17(13)21-10-9-14-12-5-1-3-7-16(12)20-18(14)19(15)21/h1-11,16-17,20H. The van der Waals surface area contributed by atoms with Crippen molar-refractivity contribution in [2.75, 3.05) is 0 Å². The van der Waals surface area contributed by atoms with Gasteiger partial charge in [-0.05, 0) is 17.2 Å². The molecule has 2 atom stereocenters. The molecule has 0 aromatic heterocycles. The molecule has 3 aliphatic heterocycles. The molecule has 22 heavy (non-hydrogen) atoms. The zero-order chi connectivity index (χ0) is 14.7. The van der Waals surface area contributed by atoms with Gasteiger partial charge in [0.25, 0.3) is 0 Å². The number of hydrogen-bond donors (Lipinski definition) is 1. The van der Waals surface area contributed by atoms with Crippen LogP contribution in [0.1, 0.15) is 0 Å². The molecule has 5 rings (SSSR count). The van der Waals surface area contributed by atoms with E-state index in [0.717, 1.165) is 28.8 Å². The third-order valence-electron chi connectivity index (χ3n) is 4.79. The molecule has 3 nitrogen and oxygen atoms in total. The lowest BCUT2D eigenvalue weighted by atomic mass is 9.97. The van der Waals surface area contributed by atoms with Crippen molar-refractivity contribution in [2.24, 2.45) is 0 Å². The summed E-state index contributed by atoms with van der Waals surface area (Å²) in [4.78, 5) is 13.9. The zero-order valence-electron chi connectivity index (χ0n) is 11.9. The van der Waals surface area contributed by atoms with Crippen molar-refractivity contribution in [1.29, 1.82) is 0 Å². The van der Waals surface area contributed by atoms with Crippen LogP contribution in [0, 0.1) is 0 Å². The lowest BCUT2D eigenvalue weighted by molar-refractivity contribution is -0.104. The molecule has 1 N–H and O–H groups in total. The van der Waals surface area contributed by atoms with E-state index in [4.69, 9.17) is 0 Å². The Balaban J connectivity index is 1.76. The highest BCUT2D eigenvalue weighted by Gasteiger charge is 2.40. The van der Waals surface area contributed by atoms with Gasteiger partial charge in [-0.25, -0.2) is 0 Å². The maximum atomic E-state index is 11.7. The Bertz CT molecular complexity index is 843. The van der Waals surface area contributed by atoms with E-state index in [2.05, 4.69) is 52.9 Å². The molecule has 0 aromatic rings. The normalized spacial score (nSPS) is 29.7. The Morgan fingerprint density at radius 3 is 2.68 bits per heavy atom. The Labute approximate surface area is 128 Å². The van der Waals surface area contributed by atoms with E-state index in [1.165, 1.54) is 11.1 Å². The smallest absolute Gasteiger partial charge is 0.152 e. The summed E-state index contributed by atoms with van der Waals surface area (Å²) in [6.07, 6.45) is 21.9. The summed E-state index contributed by atoms with van der Waals surface area (Å²) in [7, 11) is 0. The van der Waals surface area contributed by atoms with Gasteiger partial charge in [0.1, 0.15) is 0 Å². The van der Waals surface area contributed by atoms with Crippen LogP contribution < -0.4 is 5.32 Å². The van der Waals surface area contributed by atoms with Crippen LogP contribution in [0.2, 0.25) is 0 Å². The van der Waals surface area contributed by atoms with Crippen LogP contribution in [-0.2, 0) is 4.79 Å². The third kappa shape index (κ3) is 1.33. The molecule has 0 amide bonds.